The molecule has 3 heteroatoms. The number of rotatable bonds is 3. The standard InChI is InChI=1S/C11H12BrNO/c12-11-8-10(14-13-11)7-6-9-4-2-1-3-5-9/h1-5,10H,6-8H2/t10-/m1/s1. The highest BCUT2D eigenvalue weighted by Crippen LogP contribution is 2.18. The van der Waals surface area contributed by atoms with Crippen molar-refractivity contribution in [2.45, 2.75) is 25.4 Å². The SMILES string of the molecule is BrC1=NO[C@H](CCc2ccccc2)C1. The molecule has 0 N–H and O–H groups in total. The number of hydrogen-bond acceptors (Lipinski definition) is 2. The van der Waals surface area contributed by atoms with Crippen LogP contribution in [0.25, 0.3) is 0 Å². The van der Waals surface area contributed by atoms with Crippen LogP contribution in [0.4, 0.5) is 0 Å². The van der Waals surface area contributed by atoms with Crippen LogP contribution >= 0.6 is 15.9 Å². The summed E-state index contributed by atoms with van der Waals surface area (Å²) >= 11 is 3.33. The highest BCUT2D eigenvalue weighted by Gasteiger charge is 2.18. The summed E-state index contributed by atoms with van der Waals surface area (Å²) in [5.74, 6) is 0. The van der Waals surface area contributed by atoms with Gasteiger partial charge in [-0.05, 0) is 34.3 Å². The predicted octanol–water partition coefficient (Wildman–Crippen LogP) is 3.12. The zero-order chi connectivity index (χ0) is 9.80. The topological polar surface area (TPSA) is 21.6 Å². The zero-order valence-corrected chi connectivity index (χ0v) is 9.40. The summed E-state index contributed by atoms with van der Waals surface area (Å²) in [6.07, 6.45) is 3.25. The molecule has 14 heavy (non-hydrogen) atoms. The fourth-order valence-electron chi connectivity index (χ4n) is 1.52. The molecule has 74 valence electrons. The van der Waals surface area contributed by atoms with E-state index in [9.17, 15) is 0 Å². The van der Waals surface area contributed by atoms with Crippen LogP contribution in [0.3, 0.4) is 0 Å². The molecule has 0 fully saturated rings. The fourth-order valence-corrected chi connectivity index (χ4v) is 1.97. The maximum atomic E-state index is 5.23. The van der Waals surface area contributed by atoms with Gasteiger partial charge in [-0.1, -0.05) is 35.5 Å². The van der Waals surface area contributed by atoms with Crippen molar-refractivity contribution in [2.24, 2.45) is 5.16 Å². The summed E-state index contributed by atoms with van der Waals surface area (Å²) in [5, 5.41) is 3.86. The van der Waals surface area contributed by atoms with Gasteiger partial charge < -0.3 is 4.84 Å². The molecule has 2 rings (SSSR count). The number of aryl methyl sites for hydroxylation is 1. The molecule has 0 saturated heterocycles. The second-order valence-electron chi connectivity index (χ2n) is 3.42. The Morgan fingerprint density at radius 3 is 2.79 bits per heavy atom. The Morgan fingerprint density at radius 2 is 2.14 bits per heavy atom. The molecule has 0 unspecified atom stereocenters. The molecule has 0 aromatic heterocycles. The summed E-state index contributed by atoms with van der Waals surface area (Å²) in [6.45, 7) is 0. The molecule has 1 aromatic rings. The lowest BCUT2D eigenvalue weighted by molar-refractivity contribution is 0.0794. The molecule has 0 spiro atoms. The van der Waals surface area contributed by atoms with Gasteiger partial charge in [0.25, 0.3) is 0 Å². The average Bonchev–Trinajstić information content (AvgIpc) is 2.63. The molecule has 1 heterocycles. The van der Waals surface area contributed by atoms with Crippen LogP contribution in [0.2, 0.25) is 0 Å². The first kappa shape index (κ1) is 9.71. The highest BCUT2D eigenvalue weighted by atomic mass is 79.9. The zero-order valence-electron chi connectivity index (χ0n) is 7.82. The third kappa shape index (κ3) is 2.58. The lowest BCUT2D eigenvalue weighted by Crippen LogP contribution is -2.07. The van der Waals surface area contributed by atoms with E-state index in [1.54, 1.807) is 0 Å². The molecule has 0 radical (unpaired) electrons. The van der Waals surface area contributed by atoms with E-state index >= 15 is 0 Å². The number of benzene rings is 1. The lowest BCUT2D eigenvalue weighted by atomic mass is 10.1. The minimum absolute atomic E-state index is 0.254. The highest BCUT2D eigenvalue weighted by molar-refractivity contribution is 9.18. The number of nitrogens with zero attached hydrogens (tertiary/aromatic N) is 1. The van der Waals surface area contributed by atoms with Crippen LogP contribution in [0.5, 0.6) is 0 Å². The van der Waals surface area contributed by atoms with Gasteiger partial charge in [-0.15, -0.1) is 0 Å². The third-order valence-electron chi connectivity index (χ3n) is 2.29. The van der Waals surface area contributed by atoms with Crippen LogP contribution in [-0.2, 0) is 11.3 Å². The molecule has 2 nitrogen and oxygen atoms in total. The molecule has 1 aromatic carbocycles. The Morgan fingerprint density at radius 1 is 1.36 bits per heavy atom. The average molecular weight is 254 g/mol. The van der Waals surface area contributed by atoms with E-state index in [0.29, 0.717) is 0 Å². The molecular weight excluding hydrogens is 242 g/mol. The minimum Gasteiger partial charge on any atom is -0.391 e. The van der Waals surface area contributed by atoms with Crippen LogP contribution in [-0.4, -0.2) is 10.7 Å². The van der Waals surface area contributed by atoms with E-state index in [4.69, 9.17) is 4.84 Å². The van der Waals surface area contributed by atoms with Crippen molar-refractivity contribution < 1.29 is 4.84 Å². The van der Waals surface area contributed by atoms with E-state index < -0.39 is 0 Å². The number of halogens is 1. The van der Waals surface area contributed by atoms with Crippen LogP contribution in [0.1, 0.15) is 18.4 Å². The van der Waals surface area contributed by atoms with E-state index in [1.807, 2.05) is 6.07 Å². The molecule has 1 atom stereocenters. The molecule has 0 bridgehead atoms. The molecule has 0 amide bonds. The molecule has 1 aliphatic rings. The number of oxime groups is 1. The predicted molar refractivity (Wildman–Crippen MR) is 60.6 cm³/mol. The van der Waals surface area contributed by atoms with Crippen molar-refractivity contribution in [3.05, 3.63) is 35.9 Å². The molecule has 1 aliphatic heterocycles. The normalized spacial score (nSPS) is 20.4. The van der Waals surface area contributed by atoms with E-state index in [2.05, 4.69) is 45.4 Å². The third-order valence-corrected chi connectivity index (χ3v) is 2.76. The Kier molecular flexibility index (Phi) is 3.19. The number of hydrogen-bond donors (Lipinski definition) is 0. The fraction of sp³-hybridized carbons (Fsp3) is 0.364. The van der Waals surface area contributed by atoms with E-state index in [1.165, 1.54) is 5.56 Å². The summed E-state index contributed by atoms with van der Waals surface area (Å²) in [5.41, 5.74) is 1.36. The second kappa shape index (κ2) is 4.60. The second-order valence-corrected chi connectivity index (χ2v) is 4.34. The van der Waals surface area contributed by atoms with Gasteiger partial charge in [-0.25, -0.2) is 0 Å². The smallest absolute Gasteiger partial charge is 0.134 e. The van der Waals surface area contributed by atoms with Gasteiger partial charge in [0.15, 0.2) is 0 Å². The van der Waals surface area contributed by atoms with E-state index in [0.717, 1.165) is 23.9 Å². The minimum atomic E-state index is 0.254. The van der Waals surface area contributed by atoms with Crippen LogP contribution < -0.4 is 0 Å². The molecular formula is C11H12BrNO. The Bertz CT molecular complexity index is 323. The van der Waals surface area contributed by atoms with Gasteiger partial charge >= 0.3 is 0 Å². The Balaban J connectivity index is 1.79. The van der Waals surface area contributed by atoms with Crippen LogP contribution in [0.15, 0.2) is 35.5 Å². The molecule has 0 aliphatic carbocycles. The Hall–Kier alpha value is -0.830. The monoisotopic (exact) mass is 253 g/mol. The largest absolute Gasteiger partial charge is 0.391 e. The first-order valence-electron chi connectivity index (χ1n) is 4.77. The van der Waals surface area contributed by atoms with Gasteiger partial charge in [-0.2, -0.15) is 0 Å². The van der Waals surface area contributed by atoms with Crippen LogP contribution in [0, 0.1) is 0 Å². The summed E-state index contributed by atoms with van der Waals surface area (Å²) in [6, 6.07) is 10.5. The van der Waals surface area contributed by atoms with Gasteiger partial charge in [0.1, 0.15) is 10.7 Å². The molecule has 0 saturated carbocycles. The quantitative estimate of drug-likeness (QED) is 0.812. The first-order valence-corrected chi connectivity index (χ1v) is 5.56. The van der Waals surface area contributed by atoms with Crippen molar-refractivity contribution in [1.29, 1.82) is 0 Å². The van der Waals surface area contributed by atoms with Crippen molar-refractivity contribution in [3.8, 4) is 0 Å². The van der Waals surface area contributed by atoms with Crippen molar-refractivity contribution >= 4 is 20.6 Å². The van der Waals surface area contributed by atoms with Gasteiger partial charge in [0, 0.05) is 6.42 Å². The lowest BCUT2D eigenvalue weighted by Gasteiger charge is -2.06. The maximum Gasteiger partial charge on any atom is 0.134 e. The van der Waals surface area contributed by atoms with Crippen molar-refractivity contribution in [3.63, 3.8) is 0 Å². The first-order chi connectivity index (χ1) is 6.84. The van der Waals surface area contributed by atoms with Crippen molar-refractivity contribution in [1.82, 2.24) is 0 Å². The van der Waals surface area contributed by atoms with E-state index in [-0.39, 0.29) is 6.10 Å². The summed E-state index contributed by atoms with van der Waals surface area (Å²) < 4.78 is 0.926. The Labute approximate surface area is 92.1 Å². The van der Waals surface area contributed by atoms with Gasteiger partial charge in [0.05, 0.1) is 0 Å². The van der Waals surface area contributed by atoms with Gasteiger partial charge in [-0.3, -0.25) is 0 Å². The van der Waals surface area contributed by atoms with Crippen molar-refractivity contribution in [2.75, 3.05) is 0 Å². The summed E-state index contributed by atoms with van der Waals surface area (Å²) in [4.78, 5) is 5.23. The van der Waals surface area contributed by atoms with Gasteiger partial charge in [0.2, 0.25) is 0 Å². The maximum absolute atomic E-state index is 5.23. The summed E-state index contributed by atoms with van der Waals surface area (Å²) in [7, 11) is 0.